The van der Waals surface area contributed by atoms with Gasteiger partial charge in [0.15, 0.2) is 5.79 Å². The van der Waals surface area contributed by atoms with E-state index in [0.717, 1.165) is 45.1 Å². The smallest absolute Gasteiger partial charge is 0.302 e. The lowest BCUT2D eigenvalue weighted by Crippen LogP contribution is -2.60. The molecule has 4 aliphatic carbocycles. The van der Waals surface area contributed by atoms with Crippen LogP contribution in [0.1, 0.15) is 99.3 Å². The third kappa shape index (κ3) is 3.93. The van der Waals surface area contributed by atoms with Gasteiger partial charge < -0.3 is 18.9 Å². The minimum atomic E-state index is -0.428. The van der Waals surface area contributed by atoms with E-state index in [4.69, 9.17) is 18.9 Å². The second-order valence-electron chi connectivity index (χ2n) is 14.4. The number of fused-ring (bicyclic) bond motifs is 7. The second-order valence-corrected chi connectivity index (χ2v) is 14.4. The molecule has 6 nitrogen and oxygen atoms in total. The van der Waals surface area contributed by atoms with E-state index in [1.807, 2.05) is 0 Å². The van der Waals surface area contributed by atoms with Crippen LogP contribution in [0.3, 0.4) is 0 Å². The summed E-state index contributed by atoms with van der Waals surface area (Å²) in [7, 11) is 0. The Balaban J connectivity index is 1.30. The molecule has 6 fully saturated rings. The standard InChI is InChI=1S/C31H48O6/c1-17-9-12-31(34-16-17)18(2)27-25(37-31)14-24-23-8-7-21-13-22(35-19(3)32)10-11-29(21,5)28(23)26(36-20(4)33)15-30(24,27)6/h17-18,21-28H,7-16H2,1-6H3/t17-,18+,21+,22+,23-,24-,25+,26-,27+,28-,29+,30+,31-/m1/s1. The molecule has 13 atom stereocenters. The first-order valence-electron chi connectivity index (χ1n) is 15.1. The van der Waals surface area contributed by atoms with E-state index >= 15 is 0 Å². The molecule has 0 aromatic rings. The van der Waals surface area contributed by atoms with Crippen molar-refractivity contribution < 1.29 is 28.5 Å². The Morgan fingerprint density at radius 2 is 1.62 bits per heavy atom. The Morgan fingerprint density at radius 3 is 2.30 bits per heavy atom. The Morgan fingerprint density at radius 1 is 0.865 bits per heavy atom. The van der Waals surface area contributed by atoms with Gasteiger partial charge in [0.25, 0.3) is 0 Å². The highest BCUT2D eigenvalue weighted by Gasteiger charge is 2.71. The Bertz CT molecular complexity index is 925. The highest BCUT2D eigenvalue weighted by molar-refractivity contribution is 5.66. The van der Waals surface area contributed by atoms with Gasteiger partial charge in [-0.05, 0) is 91.8 Å². The maximum atomic E-state index is 12.5. The molecule has 6 heteroatoms. The predicted molar refractivity (Wildman–Crippen MR) is 138 cm³/mol. The summed E-state index contributed by atoms with van der Waals surface area (Å²) in [6, 6.07) is 0. The molecule has 6 aliphatic rings. The average Bonchev–Trinajstić information content (AvgIpc) is 3.25. The van der Waals surface area contributed by atoms with Crippen LogP contribution >= 0.6 is 0 Å². The van der Waals surface area contributed by atoms with Crippen molar-refractivity contribution in [3.05, 3.63) is 0 Å². The van der Waals surface area contributed by atoms with Gasteiger partial charge >= 0.3 is 11.9 Å². The van der Waals surface area contributed by atoms with Crippen molar-refractivity contribution in [1.29, 1.82) is 0 Å². The molecular weight excluding hydrogens is 468 g/mol. The summed E-state index contributed by atoms with van der Waals surface area (Å²) < 4.78 is 25.4. The molecule has 0 aromatic heterocycles. The summed E-state index contributed by atoms with van der Waals surface area (Å²) in [5.74, 6) is 2.63. The van der Waals surface area contributed by atoms with Gasteiger partial charge in [-0.25, -0.2) is 0 Å². The first-order chi connectivity index (χ1) is 17.5. The summed E-state index contributed by atoms with van der Waals surface area (Å²) in [4.78, 5) is 24.1. The van der Waals surface area contributed by atoms with Crippen LogP contribution in [0.4, 0.5) is 0 Å². The predicted octanol–water partition coefficient (Wildman–Crippen LogP) is 5.91. The molecule has 0 amide bonds. The van der Waals surface area contributed by atoms with Crippen molar-refractivity contribution in [2.45, 2.75) is 123 Å². The molecule has 4 saturated carbocycles. The molecule has 0 aromatic carbocycles. The van der Waals surface area contributed by atoms with Crippen molar-refractivity contribution in [1.82, 2.24) is 0 Å². The van der Waals surface area contributed by atoms with E-state index in [-0.39, 0.29) is 41.1 Å². The fraction of sp³-hybridized carbons (Fsp3) is 0.935. The Hall–Kier alpha value is -1.14. The zero-order valence-corrected chi connectivity index (χ0v) is 23.8. The van der Waals surface area contributed by atoms with E-state index in [0.29, 0.717) is 41.4 Å². The number of hydrogen-bond acceptors (Lipinski definition) is 6. The van der Waals surface area contributed by atoms with Crippen LogP contribution < -0.4 is 0 Å². The van der Waals surface area contributed by atoms with Crippen LogP contribution in [0.2, 0.25) is 0 Å². The van der Waals surface area contributed by atoms with Crippen molar-refractivity contribution in [3.63, 3.8) is 0 Å². The minimum Gasteiger partial charge on any atom is -0.463 e. The van der Waals surface area contributed by atoms with Crippen molar-refractivity contribution >= 4 is 11.9 Å². The molecule has 2 saturated heterocycles. The number of esters is 2. The summed E-state index contributed by atoms with van der Waals surface area (Å²) in [6.07, 6.45) is 9.63. The van der Waals surface area contributed by atoms with E-state index in [1.54, 1.807) is 6.92 Å². The van der Waals surface area contributed by atoms with Crippen molar-refractivity contribution in [2.24, 2.45) is 52.3 Å². The van der Waals surface area contributed by atoms with Gasteiger partial charge in [-0.3, -0.25) is 9.59 Å². The minimum absolute atomic E-state index is 0.0302. The van der Waals surface area contributed by atoms with E-state index in [9.17, 15) is 9.59 Å². The first-order valence-corrected chi connectivity index (χ1v) is 15.1. The number of carbonyl (C=O) groups excluding carboxylic acids is 2. The molecule has 1 spiro atoms. The molecule has 6 rings (SSSR count). The molecule has 2 aliphatic heterocycles. The SMILES string of the molecule is CC(=O)O[C@H]1CC[C@@]2(C)[C@@H](CC[C@H]3[C@@H]2[C@H](OC(C)=O)C[C@]2(C)[C@@H]4[C@H](C[C@H]32)O[C@]2(CC[C@@H](C)CO2)[C@H]4C)C1. The Labute approximate surface area is 222 Å². The van der Waals surface area contributed by atoms with E-state index in [2.05, 4.69) is 27.7 Å². The fourth-order valence-corrected chi connectivity index (χ4v) is 11.0. The monoisotopic (exact) mass is 516 g/mol. The van der Waals surface area contributed by atoms with E-state index in [1.165, 1.54) is 26.2 Å². The van der Waals surface area contributed by atoms with Crippen LogP contribution in [0.15, 0.2) is 0 Å². The van der Waals surface area contributed by atoms with Crippen LogP contribution in [0.5, 0.6) is 0 Å². The highest BCUT2D eigenvalue weighted by Crippen LogP contribution is 2.71. The summed E-state index contributed by atoms with van der Waals surface area (Å²) in [5, 5.41) is 0. The van der Waals surface area contributed by atoms with Crippen LogP contribution in [-0.4, -0.2) is 42.6 Å². The number of rotatable bonds is 2. The van der Waals surface area contributed by atoms with Gasteiger partial charge in [-0.2, -0.15) is 0 Å². The van der Waals surface area contributed by atoms with Crippen LogP contribution in [-0.2, 0) is 28.5 Å². The van der Waals surface area contributed by atoms with Crippen molar-refractivity contribution in [2.75, 3.05) is 6.61 Å². The first kappa shape index (κ1) is 26.1. The van der Waals surface area contributed by atoms with Gasteiger partial charge in [0.1, 0.15) is 12.2 Å². The van der Waals surface area contributed by atoms with Gasteiger partial charge in [0.2, 0.25) is 0 Å². The summed E-state index contributed by atoms with van der Waals surface area (Å²) >= 11 is 0. The normalized spacial score (nSPS) is 54.5. The molecule has 0 bridgehead atoms. The Kier molecular flexibility index (Phi) is 6.31. The topological polar surface area (TPSA) is 71.1 Å². The van der Waals surface area contributed by atoms with Gasteiger partial charge in [-0.1, -0.05) is 27.7 Å². The lowest BCUT2D eigenvalue weighted by atomic mass is 9.43. The van der Waals surface area contributed by atoms with Gasteiger partial charge in [-0.15, -0.1) is 0 Å². The van der Waals surface area contributed by atoms with E-state index < -0.39 is 5.79 Å². The fourth-order valence-electron chi connectivity index (χ4n) is 11.0. The third-order valence-corrected chi connectivity index (χ3v) is 12.4. The average molecular weight is 517 g/mol. The number of ether oxygens (including phenoxy) is 4. The number of carbonyl (C=O) groups is 2. The van der Waals surface area contributed by atoms with Gasteiger partial charge in [0, 0.05) is 32.1 Å². The summed E-state index contributed by atoms with van der Waals surface area (Å²) in [5.41, 5.74) is 0.189. The molecule has 0 unspecified atom stereocenters. The molecule has 0 radical (unpaired) electrons. The largest absolute Gasteiger partial charge is 0.463 e. The molecule has 208 valence electrons. The maximum Gasteiger partial charge on any atom is 0.302 e. The maximum absolute atomic E-state index is 12.5. The highest BCUT2D eigenvalue weighted by atomic mass is 16.7. The molecule has 0 N–H and O–H groups in total. The lowest BCUT2D eigenvalue weighted by molar-refractivity contribution is -0.274. The molecule has 37 heavy (non-hydrogen) atoms. The van der Waals surface area contributed by atoms with Crippen molar-refractivity contribution in [3.8, 4) is 0 Å². The number of hydrogen-bond donors (Lipinski definition) is 0. The molecule has 2 heterocycles. The third-order valence-electron chi connectivity index (χ3n) is 12.4. The van der Waals surface area contributed by atoms with Crippen LogP contribution in [0, 0.1) is 52.3 Å². The zero-order chi connectivity index (χ0) is 26.3. The molecular formula is C31H48O6. The zero-order valence-electron chi connectivity index (χ0n) is 23.8. The van der Waals surface area contributed by atoms with Crippen LogP contribution in [0.25, 0.3) is 0 Å². The van der Waals surface area contributed by atoms with Gasteiger partial charge in [0.05, 0.1) is 12.7 Å². The summed E-state index contributed by atoms with van der Waals surface area (Å²) in [6.45, 7) is 13.5. The second kappa shape index (κ2) is 8.94. The quantitative estimate of drug-likeness (QED) is 0.425. The lowest BCUT2D eigenvalue weighted by Gasteiger charge is -2.63.